The lowest BCUT2D eigenvalue weighted by Crippen LogP contribution is -2.47. The molecule has 0 aromatic heterocycles. The molecule has 2 rings (SSSR count). The lowest BCUT2D eigenvalue weighted by Gasteiger charge is -2.32. The zero-order valence-electron chi connectivity index (χ0n) is 12.7. The summed E-state index contributed by atoms with van der Waals surface area (Å²) in [4.78, 5) is 14.1. The summed E-state index contributed by atoms with van der Waals surface area (Å²) in [6.45, 7) is 5.96. The minimum Gasteiger partial charge on any atom is -0.484 e. The van der Waals surface area contributed by atoms with Gasteiger partial charge in [-0.3, -0.25) is 9.69 Å². The molecule has 6 heteroatoms. The van der Waals surface area contributed by atoms with E-state index in [4.69, 9.17) is 14.7 Å². The van der Waals surface area contributed by atoms with Gasteiger partial charge in [0.05, 0.1) is 24.8 Å². The number of morpholine rings is 1. The summed E-state index contributed by atoms with van der Waals surface area (Å²) in [5, 5.41) is 11.6. The number of rotatable bonds is 6. The van der Waals surface area contributed by atoms with Crippen LogP contribution in [0.3, 0.4) is 0 Å². The van der Waals surface area contributed by atoms with Gasteiger partial charge in [-0.05, 0) is 31.2 Å². The third kappa shape index (κ3) is 5.02. The molecule has 1 aromatic carbocycles. The molecule has 22 heavy (non-hydrogen) atoms. The van der Waals surface area contributed by atoms with E-state index < -0.39 is 0 Å². The van der Waals surface area contributed by atoms with Gasteiger partial charge in [0.2, 0.25) is 0 Å². The number of nitrogens with one attached hydrogen (secondary N) is 1. The maximum atomic E-state index is 11.8. The van der Waals surface area contributed by atoms with Gasteiger partial charge in [0, 0.05) is 25.7 Å². The van der Waals surface area contributed by atoms with Crippen molar-refractivity contribution < 1.29 is 14.3 Å². The predicted molar refractivity (Wildman–Crippen MR) is 81.5 cm³/mol. The minimum atomic E-state index is -0.149. The number of ether oxygens (including phenoxy) is 2. The largest absolute Gasteiger partial charge is 0.484 e. The fraction of sp³-hybridized carbons (Fsp3) is 0.500. The summed E-state index contributed by atoms with van der Waals surface area (Å²) < 4.78 is 10.7. The van der Waals surface area contributed by atoms with Crippen molar-refractivity contribution >= 4 is 5.91 Å². The van der Waals surface area contributed by atoms with E-state index in [0.29, 0.717) is 17.9 Å². The molecule has 1 atom stereocenters. The van der Waals surface area contributed by atoms with E-state index in [1.54, 1.807) is 24.3 Å². The van der Waals surface area contributed by atoms with Crippen LogP contribution in [0.4, 0.5) is 0 Å². The first-order valence-electron chi connectivity index (χ1n) is 7.40. The molecule has 0 bridgehead atoms. The first-order chi connectivity index (χ1) is 10.7. The van der Waals surface area contributed by atoms with Crippen molar-refractivity contribution in [3.8, 4) is 11.8 Å². The average molecular weight is 303 g/mol. The van der Waals surface area contributed by atoms with Gasteiger partial charge in [0.1, 0.15) is 5.75 Å². The fourth-order valence-electron chi connectivity index (χ4n) is 2.23. The minimum absolute atomic E-state index is 0.0261. The Balaban J connectivity index is 1.67. The van der Waals surface area contributed by atoms with Gasteiger partial charge in [0.25, 0.3) is 5.91 Å². The van der Waals surface area contributed by atoms with Crippen molar-refractivity contribution in [2.24, 2.45) is 0 Å². The molecule has 1 unspecified atom stereocenters. The van der Waals surface area contributed by atoms with Crippen molar-refractivity contribution in [1.29, 1.82) is 5.26 Å². The fourth-order valence-corrected chi connectivity index (χ4v) is 2.23. The lowest BCUT2D eigenvalue weighted by atomic mass is 10.2. The summed E-state index contributed by atoms with van der Waals surface area (Å²) in [6, 6.07) is 9.00. The van der Waals surface area contributed by atoms with Crippen molar-refractivity contribution in [2.45, 2.75) is 13.0 Å². The SMILES string of the molecule is CC(CNC(=O)COc1ccc(C#N)cc1)N1CCOCC1. The number of carbonyl (C=O) groups is 1. The number of nitriles is 1. The Hall–Kier alpha value is -2.10. The third-order valence-corrected chi connectivity index (χ3v) is 3.62. The molecule has 1 aliphatic heterocycles. The normalized spacial score (nSPS) is 16.5. The highest BCUT2D eigenvalue weighted by Crippen LogP contribution is 2.11. The predicted octanol–water partition coefficient (Wildman–Crippen LogP) is 0.774. The zero-order valence-corrected chi connectivity index (χ0v) is 12.7. The summed E-state index contributed by atoms with van der Waals surface area (Å²) in [5.74, 6) is 0.430. The molecule has 1 saturated heterocycles. The molecule has 1 fully saturated rings. The lowest BCUT2D eigenvalue weighted by molar-refractivity contribution is -0.123. The molecule has 1 aromatic rings. The Bertz CT molecular complexity index is 518. The Morgan fingerprint density at radius 1 is 1.41 bits per heavy atom. The Morgan fingerprint density at radius 2 is 2.09 bits per heavy atom. The second-order valence-electron chi connectivity index (χ2n) is 5.23. The smallest absolute Gasteiger partial charge is 0.257 e. The van der Waals surface area contributed by atoms with Crippen molar-refractivity contribution in [3.05, 3.63) is 29.8 Å². The van der Waals surface area contributed by atoms with Gasteiger partial charge in [-0.25, -0.2) is 0 Å². The molecule has 0 aliphatic carbocycles. The van der Waals surface area contributed by atoms with Crippen LogP contribution in [0, 0.1) is 11.3 Å². The number of carbonyl (C=O) groups excluding carboxylic acids is 1. The van der Waals surface area contributed by atoms with Crippen LogP contribution in [-0.2, 0) is 9.53 Å². The van der Waals surface area contributed by atoms with Crippen LogP contribution >= 0.6 is 0 Å². The van der Waals surface area contributed by atoms with E-state index in [-0.39, 0.29) is 18.6 Å². The van der Waals surface area contributed by atoms with Crippen molar-refractivity contribution in [2.75, 3.05) is 39.5 Å². The van der Waals surface area contributed by atoms with Gasteiger partial charge in [-0.2, -0.15) is 5.26 Å². The Labute approximate surface area is 130 Å². The van der Waals surface area contributed by atoms with E-state index in [1.807, 2.05) is 6.07 Å². The topological polar surface area (TPSA) is 74.6 Å². The maximum Gasteiger partial charge on any atom is 0.257 e. The number of hydrogen-bond donors (Lipinski definition) is 1. The van der Waals surface area contributed by atoms with E-state index in [9.17, 15) is 4.79 Å². The van der Waals surface area contributed by atoms with Crippen LogP contribution in [0.2, 0.25) is 0 Å². The molecule has 0 saturated carbocycles. The monoisotopic (exact) mass is 303 g/mol. The second-order valence-corrected chi connectivity index (χ2v) is 5.23. The third-order valence-electron chi connectivity index (χ3n) is 3.62. The molecule has 0 spiro atoms. The van der Waals surface area contributed by atoms with Crippen LogP contribution in [0.1, 0.15) is 12.5 Å². The Kier molecular flexibility index (Phi) is 6.19. The number of amides is 1. The van der Waals surface area contributed by atoms with Crippen LogP contribution in [0.25, 0.3) is 0 Å². The summed E-state index contributed by atoms with van der Waals surface area (Å²) >= 11 is 0. The maximum absolute atomic E-state index is 11.8. The molecule has 0 radical (unpaired) electrons. The highest BCUT2D eigenvalue weighted by molar-refractivity contribution is 5.77. The van der Waals surface area contributed by atoms with Gasteiger partial charge < -0.3 is 14.8 Å². The molecule has 1 heterocycles. The van der Waals surface area contributed by atoms with Crippen LogP contribution < -0.4 is 10.1 Å². The Morgan fingerprint density at radius 3 is 2.73 bits per heavy atom. The number of nitrogens with zero attached hydrogens (tertiary/aromatic N) is 2. The first kappa shape index (κ1) is 16.3. The molecular weight excluding hydrogens is 282 g/mol. The number of hydrogen-bond acceptors (Lipinski definition) is 5. The molecule has 118 valence electrons. The van der Waals surface area contributed by atoms with Gasteiger partial charge in [0.15, 0.2) is 6.61 Å². The highest BCUT2D eigenvalue weighted by Gasteiger charge is 2.17. The number of benzene rings is 1. The molecule has 6 nitrogen and oxygen atoms in total. The molecule has 1 N–H and O–H groups in total. The van der Waals surface area contributed by atoms with Crippen LogP contribution in [0.5, 0.6) is 5.75 Å². The summed E-state index contributed by atoms with van der Waals surface area (Å²) in [7, 11) is 0. The van der Waals surface area contributed by atoms with Gasteiger partial charge in [-0.15, -0.1) is 0 Å². The summed E-state index contributed by atoms with van der Waals surface area (Å²) in [6.07, 6.45) is 0. The van der Waals surface area contributed by atoms with E-state index >= 15 is 0 Å². The van der Waals surface area contributed by atoms with Gasteiger partial charge in [-0.1, -0.05) is 0 Å². The van der Waals surface area contributed by atoms with Crippen LogP contribution in [-0.4, -0.2) is 56.3 Å². The summed E-state index contributed by atoms with van der Waals surface area (Å²) in [5.41, 5.74) is 0.566. The second kappa shape index (κ2) is 8.37. The van der Waals surface area contributed by atoms with Crippen LogP contribution in [0.15, 0.2) is 24.3 Å². The van der Waals surface area contributed by atoms with Gasteiger partial charge >= 0.3 is 0 Å². The molecule has 1 amide bonds. The molecule has 1 aliphatic rings. The van der Waals surface area contributed by atoms with E-state index in [1.165, 1.54) is 0 Å². The van der Waals surface area contributed by atoms with Crippen molar-refractivity contribution in [3.63, 3.8) is 0 Å². The average Bonchev–Trinajstić information content (AvgIpc) is 2.59. The quantitative estimate of drug-likeness (QED) is 0.840. The van der Waals surface area contributed by atoms with E-state index in [0.717, 1.165) is 26.3 Å². The zero-order chi connectivity index (χ0) is 15.8. The molecular formula is C16H21N3O3. The van der Waals surface area contributed by atoms with E-state index in [2.05, 4.69) is 17.1 Å². The standard InChI is InChI=1S/C16H21N3O3/c1-13(19-6-8-21-9-7-19)11-18-16(20)12-22-15-4-2-14(10-17)3-5-15/h2-5,13H,6-9,11-12H2,1H3,(H,18,20). The van der Waals surface area contributed by atoms with Crippen molar-refractivity contribution in [1.82, 2.24) is 10.2 Å². The first-order valence-corrected chi connectivity index (χ1v) is 7.40. The highest BCUT2D eigenvalue weighted by atomic mass is 16.5.